The molecule has 8 nitrogen and oxygen atoms in total. The van der Waals surface area contributed by atoms with E-state index in [0.717, 1.165) is 49.5 Å². The summed E-state index contributed by atoms with van der Waals surface area (Å²) in [5.41, 5.74) is 2.76. The van der Waals surface area contributed by atoms with Gasteiger partial charge in [-0.2, -0.15) is 5.26 Å². The lowest BCUT2D eigenvalue weighted by Crippen LogP contribution is -2.45. The molecule has 0 radical (unpaired) electrons. The van der Waals surface area contributed by atoms with Crippen molar-refractivity contribution in [2.75, 3.05) is 38.6 Å². The van der Waals surface area contributed by atoms with Crippen molar-refractivity contribution < 1.29 is 9.53 Å². The van der Waals surface area contributed by atoms with E-state index in [-0.39, 0.29) is 11.9 Å². The van der Waals surface area contributed by atoms with Gasteiger partial charge in [0.15, 0.2) is 0 Å². The van der Waals surface area contributed by atoms with Crippen molar-refractivity contribution in [3.63, 3.8) is 0 Å². The Morgan fingerprint density at radius 2 is 1.69 bits per heavy atom. The van der Waals surface area contributed by atoms with Crippen LogP contribution in [0.4, 0.5) is 5.82 Å². The van der Waals surface area contributed by atoms with Gasteiger partial charge in [-0.05, 0) is 35.7 Å². The maximum absolute atomic E-state index is 12.3. The van der Waals surface area contributed by atoms with Gasteiger partial charge in [-0.25, -0.2) is 14.8 Å². The molecule has 182 valence electrons. The standard InChI is InChI=1S/C27H32N6O2/c1-19(2)25(27(34)35-3)31-26-22-6-4-5-7-23(22)29-24(30-26)18-33-14-12-32(13-15-33)17-21-10-8-20(16-28)9-11-21/h4-11,19,25H,12-15,17-18H2,1-3H3,(H,29,30,31)/t25-/m0/s1. The van der Waals surface area contributed by atoms with Gasteiger partial charge in [0.1, 0.15) is 17.7 Å². The Hall–Kier alpha value is -3.54. The van der Waals surface area contributed by atoms with Crippen molar-refractivity contribution in [2.24, 2.45) is 5.92 Å². The molecule has 2 aromatic carbocycles. The van der Waals surface area contributed by atoms with Gasteiger partial charge < -0.3 is 10.1 Å². The quantitative estimate of drug-likeness (QED) is 0.499. The number of esters is 1. The van der Waals surface area contributed by atoms with E-state index < -0.39 is 6.04 Å². The van der Waals surface area contributed by atoms with Gasteiger partial charge in [0.2, 0.25) is 0 Å². The van der Waals surface area contributed by atoms with Gasteiger partial charge in [0, 0.05) is 38.1 Å². The highest BCUT2D eigenvalue weighted by atomic mass is 16.5. The summed E-state index contributed by atoms with van der Waals surface area (Å²) in [6.45, 7) is 9.25. The lowest BCUT2D eigenvalue weighted by atomic mass is 10.0. The molecule has 2 heterocycles. The highest BCUT2D eigenvalue weighted by molar-refractivity contribution is 5.91. The average molecular weight is 473 g/mol. The number of nitrogens with zero attached hydrogens (tertiary/aromatic N) is 5. The minimum Gasteiger partial charge on any atom is -0.467 e. The Bertz CT molecular complexity index is 1200. The summed E-state index contributed by atoms with van der Waals surface area (Å²) in [6.07, 6.45) is 0. The number of aromatic nitrogens is 2. The summed E-state index contributed by atoms with van der Waals surface area (Å²) >= 11 is 0. The summed E-state index contributed by atoms with van der Waals surface area (Å²) in [5.74, 6) is 1.14. The predicted molar refractivity (Wildman–Crippen MR) is 136 cm³/mol. The van der Waals surface area contributed by atoms with Crippen LogP contribution in [-0.2, 0) is 22.6 Å². The second-order valence-corrected chi connectivity index (χ2v) is 9.26. The monoisotopic (exact) mass is 472 g/mol. The fourth-order valence-corrected chi connectivity index (χ4v) is 4.33. The Morgan fingerprint density at radius 3 is 2.31 bits per heavy atom. The normalized spacial score (nSPS) is 15.6. The Kier molecular flexibility index (Phi) is 7.91. The van der Waals surface area contributed by atoms with Crippen molar-refractivity contribution in [3.8, 4) is 6.07 Å². The summed E-state index contributed by atoms with van der Waals surface area (Å²) in [5, 5.41) is 13.2. The molecule has 0 bridgehead atoms. The van der Waals surface area contributed by atoms with Crippen LogP contribution in [0.3, 0.4) is 0 Å². The van der Waals surface area contributed by atoms with Gasteiger partial charge in [0.05, 0.1) is 30.8 Å². The molecule has 0 saturated carbocycles. The van der Waals surface area contributed by atoms with Crippen LogP contribution in [0.25, 0.3) is 10.9 Å². The third-order valence-corrected chi connectivity index (χ3v) is 6.38. The molecule has 0 aliphatic carbocycles. The highest BCUT2D eigenvalue weighted by Gasteiger charge is 2.25. The summed E-state index contributed by atoms with van der Waals surface area (Å²) in [7, 11) is 1.41. The fraction of sp³-hybridized carbons (Fsp3) is 0.407. The van der Waals surface area contributed by atoms with E-state index in [2.05, 4.69) is 21.2 Å². The van der Waals surface area contributed by atoms with E-state index >= 15 is 0 Å². The van der Waals surface area contributed by atoms with Gasteiger partial charge in [-0.15, -0.1) is 0 Å². The average Bonchev–Trinajstić information content (AvgIpc) is 2.88. The number of ether oxygens (including phenoxy) is 1. The molecule has 3 aromatic rings. The molecule has 1 aliphatic heterocycles. The first-order valence-electron chi connectivity index (χ1n) is 12.0. The molecular weight excluding hydrogens is 440 g/mol. The molecule has 35 heavy (non-hydrogen) atoms. The van der Waals surface area contributed by atoms with Crippen molar-refractivity contribution >= 4 is 22.7 Å². The molecular formula is C27H32N6O2. The third-order valence-electron chi connectivity index (χ3n) is 6.38. The highest BCUT2D eigenvalue weighted by Crippen LogP contribution is 2.23. The van der Waals surface area contributed by atoms with Crippen LogP contribution in [0.5, 0.6) is 0 Å². The molecule has 0 amide bonds. The maximum Gasteiger partial charge on any atom is 0.328 e. The Labute approximate surface area is 206 Å². The molecule has 0 unspecified atom stereocenters. The molecule has 1 N–H and O–H groups in total. The first-order chi connectivity index (χ1) is 17.0. The molecule has 8 heteroatoms. The van der Waals surface area contributed by atoms with Crippen LogP contribution in [0, 0.1) is 17.2 Å². The molecule has 0 spiro atoms. The number of rotatable bonds is 8. The van der Waals surface area contributed by atoms with Crippen LogP contribution >= 0.6 is 0 Å². The van der Waals surface area contributed by atoms with Gasteiger partial charge >= 0.3 is 5.97 Å². The van der Waals surface area contributed by atoms with Crippen LogP contribution in [0.15, 0.2) is 48.5 Å². The van der Waals surface area contributed by atoms with Crippen LogP contribution in [-0.4, -0.2) is 65.1 Å². The van der Waals surface area contributed by atoms with E-state index in [1.54, 1.807) is 0 Å². The smallest absolute Gasteiger partial charge is 0.328 e. The lowest BCUT2D eigenvalue weighted by Gasteiger charge is -2.34. The second-order valence-electron chi connectivity index (χ2n) is 9.26. The number of hydrogen-bond donors (Lipinski definition) is 1. The molecule has 1 aromatic heterocycles. The Morgan fingerprint density at radius 1 is 1.03 bits per heavy atom. The number of anilines is 1. The number of nitrogens with one attached hydrogen (secondary N) is 1. The number of piperazine rings is 1. The minimum atomic E-state index is -0.489. The number of nitriles is 1. The third kappa shape index (κ3) is 6.13. The number of para-hydroxylation sites is 1. The zero-order chi connectivity index (χ0) is 24.8. The molecule has 4 rings (SSSR count). The minimum absolute atomic E-state index is 0.0452. The predicted octanol–water partition coefficient (Wildman–Crippen LogP) is 3.43. The number of carbonyl (C=O) groups excluding carboxylic acids is 1. The second kappa shape index (κ2) is 11.3. The van der Waals surface area contributed by atoms with Crippen LogP contribution in [0.2, 0.25) is 0 Å². The number of methoxy groups -OCH3 is 1. The molecule has 1 saturated heterocycles. The molecule has 1 fully saturated rings. The van der Waals surface area contributed by atoms with Crippen molar-refractivity contribution in [2.45, 2.75) is 33.0 Å². The van der Waals surface area contributed by atoms with Crippen molar-refractivity contribution in [3.05, 3.63) is 65.5 Å². The molecule has 1 aliphatic rings. The maximum atomic E-state index is 12.3. The van der Waals surface area contributed by atoms with E-state index in [4.69, 9.17) is 20.0 Å². The topological polar surface area (TPSA) is 94.4 Å². The van der Waals surface area contributed by atoms with E-state index in [0.29, 0.717) is 17.9 Å². The summed E-state index contributed by atoms with van der Waals surface area (Å²) < 4.78 is 5.00. The lowest BCUT2D eigenvalue weighted by molar-refractivity contribution is -0.142. The molecule has 1 atom stereocenters. The largest absolute Gasteiger partial charge is 0.467 e. The van der Waals surface area contributed by atoms with E-state index in [9.17, 15) is 4.79 Å². The van der Waals surface area contributed by atoms with Crippen molar-refractivity contribution in [1.82, 2.24) is 19.8 Å². The summed E-state index contributed by atoms with van der Waals surface area (Å²) in [6, 6.07) is 17.3. The van der Waals surface area contributed by atoms with E-state index in [1.807, 2.05) is 62.4 Å². The zero-order valence-corrected chi connectivity index (χ0v) is 20.6. The van der Waals surface area contributed by atoms with Crippen LogP contribution < -0.4 is 5.32 Å². The number of benzene rings is 2. The van der Waals surface area contributed by atoms with Gasteiger partial charge in [-0.1, -0.05) is 38.1 Å². The summed E-state index contributed by atoms with van der Waals surface area (Å²) in [4.78, 5) is 26.8. The fourth-order valence-electron chi connectivity index (χ4n) is 4.33. The number of fused-ring (bicyclic) bond motifs is 1. The van der Waals surface area contributed by atoms with E-state index in [1.165, 1.54) is 12.7 Å². The number of hydrogen-bond acceptors (Lipinski definition) is 8. The number of carbonyl (C=O) groups is 1. The Balaban J connectivity index is 1.44. The zero-order valence-electron chi connectivity index (χ0n) is 20.6. The first kappa shape index (κ1) is 24.6. The van der Waals surface area contributed by atoms with Gasteiger partial charge in [0.25, 0.3) is 0 Å². The van der Waals surface area contributed by atoms with Crippen LogP contribution in [0.1, 0.15) is 30.8 Å². The van der Waals surface area contributed by atoms with Gasteiger partial charge in [-0.3, -0.25) is 9.80 Å². The first-order valence-corrected chi connectivity index (χ1v) is 12.0. The SMILES string of the molecule is COC(=O)[C@@H](Nc1nc(CN2CCN(Cc3ccc(C#N)cc3)CC2)nc2ccccc12)C(C)C. The van der Waals surface area contributed by atoms with Crippen molar-refractivity contribution in [1.29, 1.82) is 5.26 Å².